The number of nitrogens with zero attached hydrogens (tertiary/aromatic N) is 2. The number of rotatable bonds is 3. The van der Waals surface area contributed by atoms with Gasteiger partial charge in [0.1, 0.15) is 11.4 Å². The lowest BCUT2D eigenvalue weighted by molar-refractivity contribution is 0.0689. The number of fused-ring (bicyclic) bond motifs is 3. The number of benzene rings is 1. The maximum absolute atomic E-state index is 14.7. The molecule has 8 heteroatoms. The highest BCUT2D eigenvalue weighted by Crippen LogP contribution is 2.46. The second-order valence-electron chi connectivity index (χ2n) is 6.56. The summed E-state index contributed by atoms with van der Waals surface area (Å²) in [5, 5.41) is 9.92. The van der Waals surface area contributed by atoms with E-state index in [0.29, 0.717) is 35.2 Å². The van der Waals surface area contributed by atoms with Gasteiger partial charge in [0.25, 0.3) is 0 Å². The first-order chi connectivity index (χ1) is 11.9. The Morgan fingerprint density at radius 3 is 2.84 bits per heavy atom. The Morgan fingerprint density at radius 1 is 1.48 bits per heavy atom. The van der Waals surface area contributed by atoms with Gasteiger partial charge in [-0.3, -0.25) is 4.79 Å². The summed E-state index contributed by atoms with van der Waals surface area (Å²) in [6.07, 6.45) is 0.913. The lowest BCUT2D eigenvalue weighted by Crippen LogP contribution is -2.29. The maximum atomic E-state index is 14.7. The minimum absolute atomic E-state index is 0.00452. The summed E-state index contributed by atoms with van der Waals surface area (Å²) in [6.45, 7) is 3.90. The first-order valence-electron chi connectivity index (χ1n) is 8.19. The summed E-state index contributed by atoms with van der Waals surface area (Å²) in [5.74, 6) is -1.44. The molecule has 0 amide bonds. The van der Waals surface area contributed by atoms with Crippen molar-refractivity contribution in [1.29, 1.82) is 0 Å². The summed E-state index contributed by atoms with van der Waals surface area (Å²) < 4.78 is 16.5. The molecule has 1 saturated heterocycles. The highest BCUT2D eigenvalue weighted by molar-refractivity contribution is 8.00. The molecule has 1 unspecified atom stereocenters. The fourth-order valence-corrected chi connectivity index (χ4v) is 4.86. The average molecular weight is 363 g/mol. The minimum atomic E-state index is -1.27. The summed E-state index contributed by atoms with van der Waals surface area (Å²) in [5.41, 5.74) is 5.85. The number of pyridine rings is 1. The van der Waals surface area contributed by atoms with E-state index in [4.69, 9.17) is 5.73 Å². The first kappa shape index (κ1) is 16.4. The molecular formula is C17H18FN3O3S. The van der Waals surface area contributed by atoms with Crippen LogP contribution >= 0.6 is 11.8 Å². The van der Waals surface area contributed by atoms with Crippen molar-refractivity contribution in [3.8, 4) is 0 Å². The molecular weight excluding hydrogens is 345 g/mol. The number of nitrogens with two attached hydrogens (primary N) is 1. The predicted molar refractivity (Wildman–Crippen MR) is 95.1 cm³/mol. The zero-order valence-electron chi connectivity index (χ0n) is 13.7. The highest BCUT2D eigenvalue weighted by Gasteiger charge is 2.33. The van der Waals surface area contributed by atoms with Crippen LogP contribution in [-0.2, 0) is 0 Å². The number of thioether (sulfide) groups is 1. The Bertz CT molecular complexity index is 959. The molecule has 2 aliphatic rings. The number of aromatic nitrogens is 1. The topological polar surface area (TPSA) is 88.6 Å². The van der Waals surface area contributed by atoms with Gasteiger partial charge in [-0.05, 0) is 37.9 Å². The fourth-order valence-electron chi connectivity index (χ4n) is 3.71. The van der Waals surface area contributed by atoms with Crippen molar-refractivity contribution in [3.05, 3.63) is 33.7 Å². The van der Waals surface area contributed by atoms with Crippen LogP contribution in [0.5, 0.6) is 0 Å². The van der Waals surface area contributed by atoms with Crippen LogP contribution in [0.3, 0.4) is 0 Å². The van der Waals surface area contributed by atoms with Gasteiger partial charge in [-0.2, -0.15) is 0 Å². The number of carboxylic acid groups (broad SMARTS) is 1. The monoisotopic (exact) mass is 363 g/mol. The number of aromatic carboxylic acids is 1. The van der Waals surface area contributed by atoms with E-state index in [1.807, 2.05) is 16.4 Å². The third-order valence-electron chi connectivity index (χ3n) is 5.05. The minimum Gasteiger partial charge on any atom is -0.477 e. The van der Waals surface area contributed by atoms with Gasteiger partial charge in [0, 0.05) is 18.5 Å². The van der Waals surface area contributed by atoms with Crippen LogP contribution in [0.25, 0.3) is 10.9 Å². The van der Waals surface area contributed by atoms with Crippen LogP contribution in [0.15, 0.2) is 22.0 Å². The summed E-state index contributed by atoms with van der Waals surface area (Å²) in [6, 6.07) is 2.86. The SMILES string of the molecule is CC1Sc2c(C(=O)O)c(=O)c3cc(F)c(N4CC[C@@H](CN)C4)cc3n21. The first-order valence-corrected chi connectivity index (χ1v) is 9.07. The summed E-state index contributed by atoms with van der Waals surface area (Å²) in [4.78, 5) is 26.0. The van der Waals surface area contributed by atoms with E-state index in [2.05, 4.69) is 0 Å². The van der Waals surface area contributed by atoms with Gasteiger partial charge in [0.2, 0.25) is 5.43 Å². The molecule has 0 bridgehead atoms. The smallest absolute Gasteiger partial charge is 0.342 e. The molecule has 2 aliphatic heterocycles. The van der Waals surface area contributed by atoms with Crippen LogP contribution < -0.4 is 16.1 Å². The van der Waals surface area contributed by atoms with E-state index < -0.39 is 17.2 Å². The van der Waals surface area contributed by atoms with Crippen LogP contribution in [0.2, 0.25) is 0 Å². The third-order valence-corrected chi connectivity index (χ3v) is 6.22. The third kappa shape index (κ3) is 2.35. The van der Waals surface area contributed by atoms with Crippen molar-refractivity contribution < 1.29 is 14.3 Å². The Kier molecular flexibility index (Phi) is 3.77. The van der Waals surface area contributed by atoms with E-state index in [1.54, 1.807) is 6.07 Å². The summed E-state index contributed by atoms with van der Waals surface area (Å²) >= 11 is 1.34. The molecule has 0 saturated carbocycles. The fraction of sp³-hybridized carbons (Fsp3) is 0.412. The van der Waals surface area contributed by atoms with Crippen molar-refractivity contribution in [2.45, 2.75) is 23.7 Å². The van der Waals surface area contributed by atoms with Crippen molar-refractivity contribution in [1.82, 2.24) is 4.57 Å². The molecule has 2 aromatic rings. The maximum Gasteiger partial charge on any atom is 0.342 e. The van der Waals surface area contributed by atoms with Crippen LogP contribution in [0.4, 0.5) is 10.1 Å². The molecule has 25 heavy (non-hydrogen) atoms. The number of hydrogen-bond donors (Lipinski definition) is 2. The number of carboxylic acids is 1. The zero-order valence-corrected chi connectivity index (χ0v) is 14.5. The van der Waals surface area contributed by atoms with Gasteiger partial charge < -0.3 is 20.3 Å². The normalized spacial score (nSPS) is 22.1. The van der Waals surface area contributed by atoms with Crippen molar-refractivity contribution >= 4 is 34.3 Å². The molecule has 1 fully saturated rings. The number of carbonyl (C=O) groups is 1. The Morgan fingerprint density at radius 2 is 2.24 bits per heavy atom. The highest BCUT2D eigenvalue weighted by atomic mass is 32.2. The molecule has 0 aliphatic carbocycles. The quantitative estimate of drug-likeness (QED) is 0.870. The van der Waals surface area contributed by atoms with Gasteiger partial charge in [0.15, 0.2) is 0 Å². The number of hydrogen-bond acceptors (Lipinski definition) is 5. The van der Waals surface area contributed by atoms with Crippen LogP contribution in [-0.4, -0.2) is 35.3 Å². The summed E-state index contributed by atoms with van der Waals surface area (Å²) in [7, 11) is 0. The standard InChI is InChI=1S/C17H18FN3O3S/c1-8-21-12-5-13(20-3-2-9(6-19)7-20)11(18)4-10(12)15(22)14(17(23)24)16(21)25-8/h4-5,8-9H,2-3,6-7,19H2,1H3,(H,23,24)/t8?,9-/m0/s1. The molecule has 2 atom stereocenters. The molecule has 0 radical (unpaired) electrons. The second kappa shape index (κ2) is 5.74. The van der Waals surface area contributed by atoms with E-state index in [-0.39, 0.29) is 16.3 Å². The van der Waals surface area contributed by atoms with Crippen molar-refractivity contribution in [2.75, 3.05) is 24.5 Å². The van der Waals surface area contributed by atoms with Crippen LogP contribution in [0, 0.1) is 11.7 Å². The molecule has 0 spiro atoms. The van der Waals surface area contributed by atoms with Gasteiger partial charge in [-0.25, -0.2) is 9.18 Å². The van der Waals surface area contributed by atoms with Gasteiger partial charge in [-0.1, -0.05) is 11.8 Å². The molecule has 3 heterocycles. The predicted octanol–water partition coefficient (Wildman–Crippen LogP) is 2.25. The lowest BCUT2D eigenvalue weighted by atomic mass is 10.1. The average Bonchev–Trinajstić information content (AvgIpc) is 3.03. The molecule has 1 aromatic heterocycles. The van der Waals surface area contributed by atoms with Crippen LogP contribution in [0.1, 0.15) is 29.1 Å². The molecule has 3 N–H and O–H groups in total. The van der Waals surface area contributed by atoms with E-state index in [0.717, 1.165) is 13.0 Å². The van der Waals surface area contributed by atoms with Crippen molar-refractivity contribution in [2.24, 2.45) is 11.7 Å². The molecule has 6 nitrogen and oxygen atoms in total. The Balaban J connectivity index is 1.93. The number of halogens is 1. The van der Waals surface area contributed by atoms with Gasteiger partial charge in [0.05, 0.1) is 21.6 Å². The molecule has 1 aromatic carbocycles. The lowest BCUT2D eigenvalue weighted by Gasteiger charge is -2.33. The molecule has 132 valence electrons. The molecule has 4 rings (SSSR count). The van der Waals surface area contributed by atoms with E-state index in [9.17, 15) is 19.1 Å². The zero-order chi connectivity index (χ0) is 17.9. The Hall–Kier alpha value is -2.06. The largest absolute Gasteiger partial charge is 0.477 e. The van der Waals surface area contributed by atoms with E-state index >= 15 is 0 Å². The van der Waals surface area contributed by atoms with Crippen molar-refractivity contribution in [3.63, 3.8) is 0 Å². The second-order valence-corrected chi connectivity index (χ2v) is 7.86. The van der Waals surface area contributed by atoms with E-state index in [1.165, 1.54) is 17.8 Å². The Labute approximate surface area is 147 Å². The van der Waals surface area contributed by atoms with Gasteiger partial charge >= 0.3 is 5.97 Å². The van der Waals surface area contributed by atoms with Gasteiger partial charge in [-0.15, -0.1) is 0 Å². The number of anilines is 1.